The van der Waals surface area contributed by atoms with Crippen LogP contribution in [0.4, 0.5) is 23.2 Å². The second-order valence-electron chi connectivity index (χ2n) is 21.5. The third-order valence-electron chi connectivity index (χ3n) is 14.9. The molecule has 22 heteroatoms. The normalized spacial score (nSPS) is 25.6. The number of allylic oxidation sites excluding steroid dienone is 1. The Morgan fingerprint density at radius 3 is 1.77 bits per heavy atom. The predicted octanol–water partition coefficient (Wildman–Crippen LogP) is 5.75. The first kappa shape index (κ1) is 58.3. The summed E-state index contributed by atoms with van der Waals surface area (Å²) in [5, 5.41) is 11.2. The number of unbranched alkanes of at least 4 members (excludes halogenated alkanes) is 3. The molecule has 0 radical (unpaired) electrons. The van der Waals surface area contributed by atoms with Gasteiger partial charge >= 0.3 is 30.2 Å². The lowest BCUT2D eigenvalue weighted by atomic mass is 10.0. The van der Waals surface area contributed by atoms with Crippen LogP contribution in [0, 0.1) is 23.5 Å². The standard InChI is InChI=1S/C35H47FN4O8.C21H24FN3O5/c1-7-9-10-11-12-16-27(37-32(44)48-34(3,4)5)30(42)40-20-24(47-33(45)39-19-22-14-13-15-26(36)25(22)21-39)17-28(40)29(41)38-35(31(43)46-6)18-23(35)8-2;1-3-13-8-21(13,19(27)29-2)24-18(26)17-7-14(9-23-17)30-20(28)25-10-12-5-4-6-16(22)15(12)11-25/h7-8,13-15,23-24,27-28H,1-2,9-12,16-21H2,3-6H3,(H,37,44)(H,38,41);3-6,13-14,17,23H,1,7-11H2,2H3,(H,24,26)/t23?,24-,27+,28+,35-;13?,14-,17+,21-/m11/s1. The van der Waals surface area contributed by atoms with Crippen molar-refractivity contribution < 1.29 is 70.8 Å². The molecule has 0 spiro atoms. The zero-order valence-corrected chi connectivity index (χ0v) is 44.9. The summed E-state index contributed by atoms with van der Waals surface area (Å²) in [6, 6.07) is 6.64. The van der Waals surface area contributed by atoms with Crippen molar-refractivity contribution in [2.75, 3.05) is 27.3 Å². The van der Waals surface area contributed by atoms with Gasteiger partial charge in [0.25, 0.3) is 0 Å². The molecule has 4 fully saturated rings. The first-order valence-electron chi connectivity index (χ1n) is 26.2. The Kier molecular flexibility index (Phi) is 18.3. The van der Waals surface area contributed by atoms with E-state index >= 15 is 0 Å². The average Bonchev–Trinajstić information content (AvgIpc) is 4.09. The topological polar surface area (TPSA) is 241 Å². The number of amides is 6. The Labute approximate surface area is 452 Å². The number of carbonyl (C=O) groups excluding carboxylic acids is 8. The van der Waals surface area contributed by atoms with Gasteiger partial charge in [-0.25, -0.2) is 32.8 Å². The van der Waals surface area contributed by atoms with Gasteiger partial charge in [-0.05, 0) is 76.1 Å². The van der Waals surface area contributed by atoms with E-state index in [1.54, 1.807) is 57.2 Å². The summed E-state index contributed by atoms with van der Waals surface area (Å²) < 4.78 is 54.7. The van der Waals surface area contributed by atoms with Crippen LogP contribution in [-0.4, -0.2) is 137 Å². The van der Waals surface area contributed by atoms with Crippen LogP contribution in [0.2, 0.25) is 0 Å². The maximum absolute atomic E-state index is 14.3. The summed E-state index contributed by atoms with van der Waals surface area (Å²) in [5.74, 6) is -3.94. The molecule has 78 heavy (non-hydrogen) atoms. The maximum atomic E-state index is 14.3. The van der Waals surface area contributed by atoms with Gasteiger partial charge in [0.05, 0.1) is 39.9 Å². The molecule has 2 aromatic rings. The average molecular weight is 1090 g/mol. The molecule has 0 bridgehead atoms. The zero-order valence-electron chi connectivity index (χ0n) is 44.9. The van der Waals surface area contributed by atoms with Crippen molar-refractivity contribution >= 4 is 47.9 Å². The van der Waals surface area contributed by atoms with Crippen molar-refractivity contribution in [3.8, 4) is 0 Å². The second-order valence-corrected chi connectivity index (χ2v) is 21.5. The van der Waals surface area contributed by atoms with E-state index in [1.807, 2.05) is 6.08 Å². The molecule has 0 aromatic heterocycles. The summed E-state index contributed by atoms with van der Waals surface area (Å²) in [6.45, 7) is 17.1. The fourth-order valence-electron chi connectivity index (χ4n) is 10.5. The minimum atomic E-state index is -1.32. The summed E-state index contributed by atoms with van der Waals surface area (Å²) in [5.41, 5.74) is -0.839. The molecule has 8 rings (SSSR count). The summed E-state index contributed by atoms with van der Waals surface area (Å²) in [7, 11) is 2.50. The highest BCUT2D eigenvalue weighted by Crippen LogP contribution is 2.46. The van der Waals surface area contributed by atoms with Crippen LogP contribution in [0.15, 0.2) is 74.4 Å². The fourth-order valence-corrected chi connectivity index (χ4v) is 10.5. The number of hydrogen-bond acceptors (Lipinski definition) is 14. The molecule has 6 amide bonds. The number of esters is 2. The van der Waals surface area contributed by atoms with Gasteiger partial charge in [0.1, 0.15) is 52.6 Å². The Morgan fingerprint density at radius 2 is 1.28 bits per heavy atom. The van der Waals surface area contributed by atoms with E-state index in [0.717, 1.165) is 24.8 Å². The largest absolute Gasteiger partial charge is 0.467 e. The minimum Gasteiger partial charge on any atom is -0.467 e. The lowest BCUT2D eigenvalue weighted by Gasteiger charge is -2.30. The SMILES string of the molecule is C=CC1C[C@]1(NC(=O)[C@@H]1C[C@@H](OC(=O)N2Cc3cccc(F)c3C2)CN1)C(=O)OC.C=CCCCCC[C@H](NC(=O)OC(C)(C)C)C(=O)N1C[C@H](OC(=O)N2Cc3cccc(F)c3C2)C[C@H]1C(=O)N[C@]1(C(=O)OC)CC1C=C. The molecule has 2 saturated carbocycles. The number of halogens is 2. The number of fused-ring (bicyclic) bond motifs is 2. The van der Waals surface area contributed by atoms with Crippen molar-refractivity contribution in [3.63, 3.8) is 0 Å². The summed E-state index contributed by atoms with van der Waals surface area (Å²) >= 11 is 0. The van der Waals surface area contributed by atoms with Crippen molar-refractivity contribution in [2.24, 2.45) is 11.8 Å². The number of nitrogens with one attached hydrogen (secondary N) is 4. The fraction of sp³-hybridized carbons (Fsp3) is 0.536. The number of carbonyl (C=O) groups is 8. The number of rotatable bonds is 18. The minimum absolute atomic E-state index is 0.0262. The quantitative estimate of drug-likeness (QED) is 0.0602. The molecule has 4 aliphatic heterocycles. The first-order valence-corrected chi connectivity index (χ1v) is 26.2. The highest BCUT2D eigenvalue weighted by atomic mass is 19.1. The second kappa shape index (κ2) is 24.5. The molecule has 2 saturated heterocycles. The van der Waals surface area contributed by atoms with E-state index in [9.17, 15) is 47.1 Å². The van der Waals surface area contributed by atoms with Crippen molar-refractivity contribution in [1.29, 1.82) is 0 Å². The third kappa shape index (κ3) is 13.3. The van der Waals surface area contributed by atoms with Crippen molar-refractivity contribution in [1.82, 2.24) is 36.0 Å². The molecule has 4 heterocycles. The van der Waals surface area contributed by atoms with E-state index in [1.165, 1.54) is 41.1 Å². The van der Waals surface area contributed by atoms with Crippen LogP contribution < -0.4 is 21.3 Å². The van der Waals surface area contributed by atoms with E-state index in [4.69, 9.17) is 23.7 Å². The van der Waals surface area contributed by atoms with E-state index in [-0.39, 0.29) is 75.4 Å². The van der Waals surface area contributed by atoms with Crippen LogP contribution in [-0.2, 0) is 73.8 Å². The number of alkyl carbamates (subject to hydrolysis) is 1. The molecule has 2 aliphatic carbocycles. The number of benzene rings is 2. The molecular formula is C56H71F2N7O13. The number of ether oxygens (including phenoxy) is 5. The van der Waals surface area contributed by atoms with E-state index < -0.39 is 94.9 Å². The van der Waals surface area contributed by atoms with Gasteiger partial charge in [-0.1, -0.05) is 55.3 Å². The lowest BCUT2D eigenvalue weighted by Crippen LogP contribution is -2.56. The Balaban J connectivity index is 0.000000251. The van der Waals surface area contributed by atoms with Crippen LogP contribution >= 0.6 is 0 Å². The zero-order chi connectivity index (χ0) is 56.7. The number of hydrogen-bond donors (Lipinski definition) is 4. The predicted molar refractivity (Wildman–Crippen MR) is 277 cm³/mol. The van der Waals surface area contributed by atoms with Gasteiger partial charge in [0, 0.05) is 55.4 Å². The molecule has 20 nitrogen and oxygen atoms in total. The van der Waals surface area contributed by atoms with Gasteiger partial charge in [0.15, 0.2) is 0 Å². The molecule has 9 atom stereocenters. The van der Waals surface area contributed by atoms with E-state index in [0.29, 0.717) is 42.6 Å². The monoisotopic (exact) mass is 1090 g/mol. The van der Waals surface area contributed by atoms with Gasteiger partial charge in [-0.3, -0.25) is 24.2 Å². The molecule has 422 valence electrons. The van der Waals surface area contributed by atoms with Crippen LogP contribution in [0.25, 0.3) is 0 Å². The molecule has 4 N–H and O–H groups in total. The first-order chi connectivity index (χ1) is 37.1. The molecule has 2 unspecified atom stereocenters. The van der Waals surface area contributed by atoms with Crippen LogP contribution in [0.3, 0.4) is 0 Å². The molecule has 2 aromatic carbocycles. The highest BCUT2D eigenvalue weighted by Gasteiger charge is 2.63. The third-order valence-corrected chi connectivity index (χ3v) is 14.9. The lowest BCUT2D eigenvalue weighted by molar-refractivity contribution is -0.148. The summed E-state index contributed by atoms with van der Waals surface area (Å²) in [6.07, 6.45) is 5.82. The Morgan fingerprint density at radius 1 is 0.744 bits per heavy atom. The van der Waals surface area contributed by atoms with Crippen LogP contribution in [0.1, 0.15) is 101 Å². The Bertz CT molecular complexity index is 2680. The summed E-state index contributed by atoms with van der Waals surface area (Å²) in [4.78, 5) is 108. The van der Waals surface area contributed by atoms with Crippen LogP contribution in [0.5, 0.6) is 0 Å². The van der Waals surface area contributed by atoms with Gasteiger partial charge in [-0.2, -0.15) is 0 Å². The van der Waals surface area contributed by atoms with Crippen molar-refractivity contribution in [2.45, 2.75) is 152 Å². The highest BCUT2D eigenvalue weighted by molar-refractivity contribution is 5.97. The molecule has 6 aliphatic rings. The van der Waals surface area contributed by atoms with Gasteiger partial charge in [0.2, 0.25) is 17.7 Å². The van der Waals surface area contributed by atoms with Gasteiger partial charge in [-0.15, -0.1) is 19.7 Å². The van der Waals surface area contributed by atoms with Crippen molar-refractivity contribution in [3.05, 3.63) is 108 Å². The number of nitrogens with zero attached hydrogens (tertiary/aromatic N) is 3. The smallest absolute Gasteiger partial charge is 0.410 e. The van der Waals surface area contributed by atoms with E-state index in [2.05, 4.69) is 41.0 Å². The Hall–Kier alpha value is -7.36. The number of methoxy groups -OCH3 is 2. The van der Waals surface area contributed by atoms with Gasteiger partial charge < -0.3 is 49.9 Å². The molecular weight excluding hydrogens is 1020 g/mol. The maximum Gasteiger partial charge on any atom is 0.410 e. The number of likely N-dealkylation sites (tertiary alicyclic amines) is 1.